The summed E-state index contributed by atoms with van der Waals surface area (Å²) in [6.45, 7) is 3.91. The van der Waals surface area contributed by atoms with Gasteiger partial charge in [-0.2, -0.15) is 0 Å². The summed E-state index contributed by atoms with van der Waals surface area (Å²) >= 11 is 1.50. The standard InChI is InChI=1S/C12H19N3OS.2ClH/c1-2-4-11-14-8-10(17-11)12(16)15-7-9-5-3-6-13-9;;/h8-9,13H,2-7H2,1H3,(H,15,16);2*1H. The highest BCUT2D eigenvalue weighted by Gasteiger charge is 2.16. The molecule has 2 N–H and O–H groups in total. The van der Waals surface area contributed by atoms with Gasteiger partial charge in [-0.25, -0.2) is 4.98 Å². The van der Waals surface area contributed by atoms with Crippen molar-refractivity contribution in [3.63, 3.8) is 0 Å². The van der Waals surface area contributed by atoms with E-state index < -0.39 is 0 Å². The molecule has 1 aromatic rings. The SMILES string of the molecule is CCCc1ncc(C(=O)NCC2CCCN2)s1.Cl.Cl. The van der Waals surface area contributed by atoms with E-state index in [2.05, 4.69) is 22.5 Å². The van der Waals surface area contributed by atoms with Gasteiger partial charge in [0.25, 0.3) is 5.91 Å². The molecule has 1 aromatic heterocycles. The Balaban J connectivity index is 0.00000162. The van der Waals surface area contributed by atoms with Gasteiger partial charge in [0.1, 0.15) is 4.88 Å². The summed E-state index contributed by atoms with van der Waals surface area (Å²) in [6, 6.07) is 0.446. The molecule has 4 nitrogen and oxygen atoms in total. The largest absolute Gasteiger partial charge is 0.350 e. The summed E-state index contributed by atoms with van der Waals surface area (Å²) in [5.41, 5.74) is 0. The van der Waals surface area contributed by atoms with Gasteiger partial charge in [-0.3, -0.25) is 4.79 Å². The van der Waals surface area contributed by atoms with Crippen LogP contribution in [-0.4, -0.2) is 30.0 Å². The Morgan fingerprint density at radius 3 is 3.00 bits per heavy atom. The summed E-state index contributed by atoms with van der Waals surface area (Å²) in [5, 5.41) is 7.38. The molecule has 0 saturated carbocycles. The predicted octanol–water partition coefficient (Wildman–Crippen LogP) is 2.42. The number of hydrogen-bond donors (Lipinski definition) is 2. The molecule has 110 valence electrons. The Morgan fingerprint density at radius 1 is 1.58 bits per heavy atom. The first-order chi connectivity index (χ1) is 8.29. The third kappa shape index (κ3) is 5.65. The highest BCUT2D eigenvalue weighted by atomic mass is 35.5. The van der Waals surface area contributed by atoms with Crippen LogP contribution in [0.5, 0.6) is 0 Å². The van der Waals surface area contributed by atoms with Gasteiger partial charge in [0.05, 0.1) is 11.2 Å². The number of rotatable bonds is 5. The van der Waals surface area contributed by atoms with E-state index in [1.807, 2.05) is 0 Å². The Kier molecular flexibility index (Phi) is 9.35. The molecule has 1 fully saturated rings. The van der Waals surface area contributed by atoms with Crippen molar-refractivity contribution in [1.29, 1.82) is 0 Å². The molecule has 1 aliphatic heterocycles. The van der Waals surface area contributed by atoms with Gasteiger partial charge in [-0.05, 0) is 32.2 Å². The zero-order chi connectivity index (χ0) is 12.1. The Bertz CT molecular complexity index is 381. The quantitative estimate of drug-likeness (QED) is 0.874. The highest BCUT2D eigenvalue weighted by Crippen LogP contribution is 2.14. The molecule has 0 aliphatic carbocycles. The Hall–Kier alpha value is -0.360. The molecule has 1 aliphatic rings. The van der Waals surface area contributed by atoms with Gasteiger partial charge in [0.15, 0.2) is 0 Å². The number of nitrogens with zero attached hydrogens (tertiary/aromatic N) is 1. The van der Waals surface area contributed by atoms with Crippen LogP contribution in [0.25, 0.3) is 0 Å². The molecular weight excluding hydrogens is 305 g/mol. The van der Waals surface area contributed by atoms with E-state index in [0.29, 0.717) is 6.04 Å². The summed E-state index contributed by atoms with van der Waals surface area (Å²) in [6.07, 6.45) is 6.08. The molecule has 1 atom stereocenters. The van der Waals surface area contributed by atoms with E-state index in [1.54, 1.807) is 6.20 Å². The van der Waals surface area contributed by atoms with Crippen LogP contribution >= 0.6 is 36.2 Å². The minimum atomic E-state index is 0. The Morgan fingerprint density at radius 2 is 2.37 bits per heavy atom. The normalized spacial score (nSPS) is 17.4. The maximum atomic E-state index is 11.9. The topological polar surface area (TPSA) is 54.0 Å². The third-order valence-electron chi connectivity index (χ3n) is 2.91. The fourth-order valence-corrected chi connectivity index (χ4v) is 2.91. The minimum Gasteiger partial charge on any atom is -0.350 e. The molecule has 1 saturated heterocycles. The smallest absolute Gasteiger partial charge is 0.263 e. The number of aromatic nitrogens is 1. The molecule has 0 radical (unpaired) electrons. The molecule has 0 aromatic carbocycles. The fourth-order valence-electron chi connectivity index (χ4n) is 1.98. The van der Waals surface area contributed by atoms with Gasteiger partial charge in [-0.15, -0.1) is 36.2 Å². The van der Waals surface area contributed by atoms with Crippen molar-refractivity contribution in [1.82, 2.24) is 15.6 Å². The summed E-state index contributed by atoms with van der Waals surface area (Å²) in [7, 11) is 0. The first-order valence-electron chi connectivity index (χ1n) is 6.26. The van der Waals surface area contributed by atoms with Gasteiger partial charge >= 0.3 is 0 Å². The zero-order valence-corrected chi connectivity index (χ0v) is 13.4. The number of aryl methyl sites for hydroxylation is 1. The number of hydrogen-bond acceptors (Lipinski definition) is 4. The van der Waals surface area contributed by atoms with Crippen molar-refractivity contribution in [3.05, 3.63) is 16.1 Å². The lowest BCUT2D eigenvalue weighted by Crippen LogP contribution is -2.36. The first kappa shape index (κ1) is 18.6. The van der Waals surface area contributed by atoms with Crippen LogP contribution in [0, 0.1) is 0 Å². The molecule has 1 amide bonds. The van der Waals surface area contributed by atoms with E-state index in [4.69, 9.17) is 0 Å². The number of halogens is 2. The maximum absolute atomic E-state index is 11.9. The van der Waals surface area contributed by atoms with E-state index in [1.165, 1.54) is 17.8 Å². The number of nitrogens with one attached hydrogen (secondary N) is 2. The van der Waals surface area contributed by atoms with Gasteiger partial charge < -0.3 is 10.6 Å². The van der Waals surface area contributed by atoms with Crippen LogP contribution in [0.4, 0.5) is 0 Å². The van der Waals surface area contributed by atoms with E-state index in [-0.39, 0.29) is 30.7 Å². The van der Waals surface area contributed by atoms with Crippen LogP contribution in [0.3, 0.4) is 0 Å². The van der Waals surface area contributed by atoms with Crippen molar-refractivity contribution < 1.29 is 4.79 Å². The summed E-state index contributed by atoms with van der Waals surface area (Å²) in [5.74, 6) is 0.0125. The zero-order valence-electron chi connectivity index (χ0n) is 11.0. The maximum Gasteiger partial charge on any atom is 0.263 e. The highest BCUT2D eigenvalue weighted by molar-refractivity contribution is 7.13. The van der Waals surface area contributed by atoms with Crippen molar-refractivity contribution in [3.8, 4) is 0 Å². The fraction of sp³-hybridized carbons (Fsp3) is 0.667. The Labute approximate surface area is 130 Å². The number of carbonyl (C=O) groups excluding carboxylic acids is 1. The van der Waals surface area contributed by atoms with Crippen molar-refractivity contribution >= 4 is 42.1 Å². The van der Waals surface area contributed by atoms with Crippen LogP contribution < -0.4 is 10.6 Å². The average molecular weight is 326 g/mol. The van der Waals surface area contributed by atoms with Crippen molar-refractivity contribution in [2.75, 3.05) is 13.1 Å². The molecule has 0 spiro atoms. The van der Waals surface area contributed by atoms with E-state index >= 15 is 0 Å². The second-order valence-corrected chi connectivity index (χ2v) is 5.49. The molecule has 1 unspecified atom stereocenters. The van der Waals surface area contributed by atoms with Crippen molar-refractivity contribution in [2.24, 2.45) is 0 Å². The molecule has 0 bridgehead atoms. The monoisotopic (exact) mass is 325 g/mol. The molecule has 2 heterocycles. The molecule has 19 heavy (non-hydrogen) atoms. The number of carbonyl (C=O) groups is 1. The lowest BCUT2D eigenvalue weighted by molar-refractivity contribution is 0.0954. The van der Waals surface area contributed by atoms with Gasteiger partial charge in [-0.1, -0.05) is 6.92 Å². The molecular formula is C12H21Cl2N3OS. The molecule has 7 heteroatoms. The minimum absolute atomic E-state index is 0. The predicted molar refractivity (Wildman–Crippen MR) is 84.0 cm³/mol. The first-order valence-corrected chi connectivity index (χ1v) is 7.07. The average Bonchev–Trinajstić information content (AvgIpc) is 2.97. The lowest BCUT2D eigenvalue weighted by Gasteiger charge is -2.10. The van der Waals surface area contributed by atoms with Gasteiger partial charge in [0, 0.05) is 12.6 Å². The second kappa shape index (κ2) is 9.53. The van der Waals surface area contributed by atoms with Crippen LogP contribution in [0.15, 0.2) is 6.20 Å². The van der Waals surface area contributed by atoms with Crippen LogP contribution in [0.1, 0.15) is 40.9 Å². The van der Waals surface area contributed by atoms with Gasteiger partial charge in [0.2, 0.25) is 0 Å². The van der Waals surface area contributed by atoms with Crippen LogP contribution in [-0.2, 0) is 6.42 Å². The number of amides is 1. The second-order valence-electron chi connectivity index (χ2n) is 4.37. The molecule has 2 rings (SSSR count). The summed E-state index contributed by atoms with van der Waals surface area (Å²) < 4.78 is 0. The third-order valence-corrected chi connectivity index (χ3v) is 3.97. The summed E-state index contributed by atoms with van der Waals surface area (Å²) in [4.78, 5) is 16.8. The van der Waals surface area contributed by atoms with E-state index in [0.717, 1.165) is 42.2 Å². The lowest BCUT2D eigenvalue weighted by atomic mass is 10.2. The van der Waals surface area contributed by atoms with Crippen LogP contribution in [0.2, 0.25) is 0 Å². The van der Waals surface area contributed by atoms with E-state index in [9.17, 15) is 4.79 Å². The van der Waals surface area contributed by atoms with Crippen molar-refractivity contribution in [2.45, 2.75) is 38.6 Å². The number of thiazole rings is 1.